The summed E-state index contributed by atoms with van der Waals surface area (Å²) in [6.45, 7) is -0.00491. The first kappa shape index (κ1) is 8.76. The molecule has 0 saturated heterocycles. The lowest BCUT2D eigenvalue weighted by molar-refractivity contribution is 0.591. The van der Waals surface area contributed by atoms with Crippen molar-refractivity contribution in [2.75, 3.05) is 11.8 Å². The zero-order chi connectivity index (χ0) is 7.33. The highest BCUT2D eigenvalue weighted by Crippen LogP contribution is 1.85. The fraction of sp³-hybridized carbons (Fsp3) is 0.500. The number of terminal acetylenes is 1. The van der Waals surface area contributed by atoms with E-state index in [0.29, 0.717) is 0 Å². The normalized spacial score (nSPS) is 10.7. The maximum absolute atomic E-state index is 10.4. The molecule has 3 nitrogen and oxygen atoms in total. The van der Waals surface area contributed by atoms with Gasteiger partial charge in [0.2, 0.25) is 10.0 Å². The topological polar surface area (TPSA) is 46.2 Å². The van der Waals surface area contributed by atoms with E-state index in [1.54, 1.807) is 0 Å². The largest absolute Gasteiger partial charge is 0.226 e. The minimum absolute atomic E-state index is 0.00491. The summed E-state index contributed by atoms with van der Waals surface area (Å²) in [5, 5.41) is -0.450. The lowest BCUT2D eigenvalue weighted by Crippen LogP contribution is -2.24. The van der Waals surface area contributed by atoms with Gasteiger partial charge in [0.15, 0.2) is 0 Å². The Morgan fingerprint density at radius 2 is 2.22 bits per heavy atom. The molecule has 5 heteroatoms. The van der Waals surface area contributed by atoms with E-state index in [2.05, 4.69) is 10.6 Å². The maximum Gasteiger partial charge on any atom is 0.226 e. The zero-order valence-electron chi connectivity index (χ0n) is 4.59. The molecule has 0 rings (SSSR count). The molecule has 0 fully saturated rings. The van der Waals surface area contributed by atoms with Gasteiger partial charge in [-0.25, -0.2) is 13.1 Å². The molecule has 0 amide bonds. The maximum atomic E-state index is 10.4. The van der Waals surface area contributed by atoms with Gasteiger partial charge in [-0.05, 0) is 0 Å². The molecule has 0 aromatic carbocycles. The van der Waals surface area contributed by atoms with Crippen molar-refractivity contribution in [1.29, 1.82) is 0 Å². The minimum Gasteiger partial charge on any atom is -0.211 e. The first-order valence-corrected chi connectivity index (χ1v) is 4.28. The van der Waals surface area contributed by atoms with Crippen LogP contribution in [-0.2, 0) is 10.0 Å². The quantitative estimate of drug-likeness (QED) is 0.465. The molecule has 0 aliphatic rings. The van der Waals surface area contributed by atoms with Crippen LogP contribution in [0, 0.1) is 12.3 Å². The van der Waals surface area contributed by atoms with Crippen LogP contribution in [0.15, 0.2) is 0 Å². The van der Waals surface area contributed by atoms with Crippen LogP contribution < -0.4 is 4.72 Å². The molecule has 1 N–H and O–H groups in total. The van der Waals surface area contributed by atoms with Crippen molar-refractivity contribution in [2.24, 2.45) is 0 Å². The number of halogens is 1. The van der Waals surface area contributed by atoms with Crippen LogP contribution >= 0.6 is 11.6 Å². The summed E-state index contributed by atoms with van der Waals surface area (Å²) < 4.78 is 22.9. The van der Waals surface area contributed by atoms with Crippen LogP contribution in [0.2, 0.25) is 0 Å². The van der Waals surface area contributed by atoms with E-state index in [1.807, 2.05) is 0 Å². The highest BCUT2D eigenvalue weighted by molar-refractivity contribution is 7.90. The van der Waals surface area contributed by atoms with Crippen molar-refractivity contribution in [3.8, 4) is 12.3 Å². The van der Waals surface area contributed by atoms with E-state index >= 15 is 0 Å². The Balaban J connectivity index is 3.78. The summed E-state index contributed by atoms with van der Waals surface area (Å²) in [7, 11) is -3.31. The molecule has 0 aromatic heterocycles. The Morgan fingerprint density at radius 1 is 1.67 bits per heavy atom. The average molecular weight is 168 g/mol. The van der Waals surface area contributed by atoms with Crippen LogP contribution in [0.1, 0.15) is 0 Å². The number of sulfonamides is 1. The Bertz CT molecular complexity index is 203. The zero-order valence-corrected chi connectivity index (χ0v) is 6.17. The minimum atomic E-state index is -3.31. The molecule has 0 radical (unpaired) electrons. The van der Waals surface area contributed by atoms with Gasteiger partial charge in [-0.1, -0.05) is 5.92 Å². The van der Waals surface area contributed by atoms with Crippen molar-refractivity contribution >= 4 is 21.6 Å². The molecule has 0 aliphatic carbocycles. The molecular formula is C4H6ClNO2S. The number of hydrogen-bond donors (Lipinski definition) is 1. The number of nitrogens with one attached hydrogen (secondary N) is 1. The second kappa shape index (κ2) is 3.72. The van der Waals surface area contributed by atoms with E-state index in [0.717, 1.165) is 0 Å². The van der Waals surface area contributed by atoms with Crippen molar-refractivity contribution in [3.63, 3.8) is 0 Å². The third-order valence-corrected chi connectivity index (χ3v) is 2.27. The Hall–Kier alpha value is -0.240. The molecule has 0 aromatic rings. The van der Waals surface area contributed by atoms with Crippen LogP contribution in [0.5, 0.6) is 0 Å². The lowest BCUT2D eigenvalue weighted by Gasteiger charge is -1.95. The van der Waals surface area contributed by atoms with Crippen LogP contribution in [0.4, 0.5) is 0 Å². The predicted molar refractivity (Wildman–Crippen MR) is 36.5 cm³/mol. The van der Waals surface area contributed by atoms with Crippen molar-refractivity contribution in [1.82, 2.24) is 4.72 Å². The Kier molecular flexibility index (Phi) is 3.62. The molecule has 52 valence electrons. The molecule has 0 bridgehead atoms. The summed E-state index contributed by atoms with van der Waals surface area (Å²) in [5.41, 5.74) is 0. The number of hydrogen-bond acceptors (Lipinski definition) is 2. The fourth-order valence-corrected chi connectivity index (χ4v) is 0.802. The van der Waals surface area contributed by atoms with Gasteiger partial charge in [0.25, 0.3) is 0 Å². The van der Waals surface area contributed by atoms with E-state index in [-0.39, 0.29) is 6.54 Å². The van der Waals surface area contributed by atoms with Gasteiger partial charge in [0.05, 0.1) is 6.54 Å². The average Bonchev–Trinajstić information content (AvgIpc) is 1.84. The van der Waals surface area contributed by atoms with E-state index in [4.69, 9.17) is 18.0 Å². The third-order valence-electron chi connectivity index (χ3n) is 0.538. The summed E-state index contributed by atoms with van der Waals surface area (Å²) in [6, 6.07) is 0. The van der Waals surface area contributed by atoms with Crippen molar-refractivity contribution < 1.29 is 8.42 Å². The summed E-state index contributed by atoms with van der Waals surface area (Å²) in [5.74, 6) is 2.11. The predicted octanol–water partition coefficient (Wildman–Crippen LogP) is -0.265. The molecule has 9 heavy (non-hydrogen) atoms. The van der Waals surface area contributed by atoms with Gasteiger partial charge >= 0.3 is 0 Å². The highest BCUT2D eigenvalue weighted by Gasteiger charge is 2.03. The standard InChI is InChI=1S/C4H6ClNO2S/c1-2-3-6-9(7,8)4-5/h1,6H,3-4H2. The van der Waals surface area contributed by atoms with E-state index < -0.39 is 15.2 Å². The first-order valence-electron chi connectivity index (χ1n) is 2.09. The molecule has 0 aliphatic heterocycles. The van der Waals surface area contributed by atoms with Crippen LogP contribution in [-0.4, -0.2) is 20.2 Å². The van der Waals surface area contributed by atoms with Crippen LogP contribution in [0.3, 0.4) is 0 Å². The molecule has 0 saturated carbocycles. The SMILES string of the molecule is C#CCNS(=O)(=O)CCl. The van der Waals surface area contributed by atoms with E-state index in [1.165, 1.54) is 0 Å². The van der Waals surface area contributed by atoms with Crippen molar-refractivity contribution in [2.45, 2.75) is 0 Å². The van der Waals surface area contributed by atoms with Gasteiger partial charge in [-0.2, -0.15) is 0 Å². The van der Waals surface area contributed by atoms with Gasteiger partial charge in [-0.3, -0.25) is 0 Å². The molecule has 0 unspecified atom stereocenters. The van der Waals surface area contributed by atoms with Gasteiger partial charge in [-0.15, -0.1) is 18.0 Å². The fourth-order valence-electron chi connectivity index (χ4n) is 0.190. The molecule has 0 atom stereocenters. The second-order valence-electron chi connectivity index (χ2n) is 1.25. The highest BCUT2D eigenvalue weighted by atomic mass is 35.5. The van der Waals surface area contributed by atoms with E-state index in [9.17, 15) is 8.42 Å². The number of rotatable bonds is 3. The third kappa shape index (κ3) is 4.28. The van der Waals surface area contributed by atoms with Gasteiger partial charge in [0.1, 0.15) is 5.21 Å². The molecule has 0 heterocycles. The monoisotopic (exact) mass is 167 g/mol. The lowest BCUT2D eigenvalue weighted by atomic mass is 10.7. The first-order chi connectivity index (χ1) is 4.12. The summed E-state index contributed by atoms with van der Waals surface area (Å²) in [4.78, 5) is 0. The Labute approximate surface area is 59.4 Å². The van der Waals surface area contributed by atoms with Crippen LogP contribution in [0.25, 0.3) is 0 Å². The molecule has 0 spiro atoms. The smallest absolute Gasteiger partial charge is 0.211 e. The van der Waals surface area contributed by atoms with Gasteiger partial charge in [0, 0.05) is 0 Å². The van der Waals surface area contributed by atoms with Crippen molar-refractivity contribution in [3.05, 3.63) is 0 Å². The summed E-state index contributed by atoms with van der Waals surface area (Å²) >= 11 is 5.01. The number of alkyl halides is 1. The Morgan fingerprint density at radius 3 is 2.56 bits per heavy atom. The summed E-state index contributed by atoms with van der Waals surface area (Å²) in [6.07, 6.45) is 4.77. The molecular weight excluding hydrogens is 162 g/mol. The van der Waals surface area contributed by atoms with Gasteiger partial charge < -0.3 is 0 Å². The second-order valence-corrected chi connectivity index (χ2v) is 3.64.